The second kappa shape index (κ2) is 9.62. The Morgan fingerprint density at radius 3 is 2.34 bits per heavy atom. The number of hydrogen-bond acceptors (Lipinski definition) is 5. The summed E-state index contributed by atoms with van der Waals surface area (Å²) in [6, 6.07) is 10.7. The number of carbonyl (C=O) groups is 2. The van der Waals surface area contributed by atoms with Gasteiger partial charge in [-0.25, -0.2) is 17.5 Å². The molecule has 0 unspecified atom stereocenters. The standard InChI is InChI=1S/C19H21ClN2O5S2/c1-12(28-11-13-4-6-14(7-5-13)19(24)25)18(23)21-15-8-9-16(20)17(10-15)29(26,27)22(2)3/h4-10,12H,11H2,1-3H3,(H,21,23)(H,24,25)/t12-/m0/s1. The van der Waals surface area contributed by atoms with Gasteiger partial charge in [0.05, 0.1) is 15.8 Å². The largest absolute Gasteiger partial charge is 0.478 e. The van der Waals surface area contributed by atoms with Crippen molar-refractivity contribution < 1.29 is 23.1 Å². The third-order valence-corrected chi connectivity index (χ3v) is 7.54. The predicted molar refractivity (Wildman–Crippen MR) is 115 cm³/mol. The van der Waals surface area contributed by atoms with Gasteiger partial charge >= 0.3 is 5.97 Å². The van der Waals surface area contributed by atoms with Crippen LogP contribution in [0.4, 0.5) is 5.69 Å². The third-order valence-electron chi connectivity index (χ3n) is 4.03. The SMILES string of the molecule is C[C@H](SCc1ccc(C(=O)O)cc1)C(=O)Nc1ccc(Cl)c(S(=O)(=O)N(C)C)c1. The molecule has 0 radical (unpaired) electrons. The van der Waals surface area contributed by atoms with Gasteiger partial charge in [-0.15, -0.1) is 11.8 Å². The van der Waals surface area contributed by atoms with Crippen LogP contribution in [0.5, 0.6) is 0 Å². The van der Waals surface area contributed by atoms with E-state index in [1.165, 1.54) is 56.2 Å². The summed E-state index contributed by atoms with van der Waals surface area (Å²) in [7, 11) is -0.936. The molecule has 10 heteroatoms. The monoisotopic (exact) mass is 456 g/mol. The fourth-order valence-corrected chi connectivity index (χ4v) is 4.50. The first kappa shape index (κ1) is 23.2. The molecule has 0 saturated carbocycles. The smallest absolute Gasteiger partial charge is 0.335 e. The Labute approximate surface area is 179 Å². The van der Waals surface area contributed by atoms with Crippen LogP contribution in [-0.2, 0) is 20.6 Å². The van der Waals surface area contributed by atoms with Gasteiger partial charge in [-0.3, -0.25) is 4.79 Å². The number of nitrogens with zero attached hydrogens (tertiary/aromatic N) is 1. The highest BCUT2D eigenvalue weighted by molar-refractivity contribution is 7.99. The molecule has 0 bridgehead atoms. The molecule has 29 heavy (non-hydrogen) atoms. The van der Waals surface area contributed by atoms with Crippen molar-refractivity contribution in [3.05, 3.63) is 58.6 Å². The Kier molecular flexibility index (Phi) is 7.70. The van der Waals surface area contributed by atoms with Gasteiger partial charge < -0.3 is 10.4 Å². The Hall–Kier alpha value is -2.07. The van der Waals surface area contributed by atoms with Gasteiger partial charge in [0, 0.05) is 25.5 Å². The number of halogens is 1. The van der Waals surface area contributed by atoms with Crippen LogP contribution in [0.1, 0.15) is 22.8 Å². The molecule has 156 valence electrons. The van der Waals surface area contributed by atoms with E-state index in [9.17, 15) is 18.0 Å². The number of benzene rings is 2. The van der Waals surface area contributed by atoms with Crippen molar-refractivity contribution in [3.8, 4) is 0 Å². The van der Waals surface area contributed by atoms with Crippen LogP contribution in [0, 0.1) is 0 Å². The van der Waals surface area contributed by atoms with Gasteiger partial charge in [0.25, 0.3) is 0 Å². The molecule has 1 amide bonds. The van der Waals surface area contributed by atoms with Crippen LogP contribution in [0.15, 0.2) is 47.4 Å². The first-order valence-electron chi connectivity index (χ1n) is 8.49. The lowest BCUT2D eigenvalue weighted by Gasteiger charge is -2.15. The molecule has 0 heterocycles. The van der Waals surface area contributed by atoms with Gasteiger partial charge in [-0.2, -0.15) is 0 Å². The average Bonchev–Trinajstić information content (AvgIpc) is 2.67. The minimum atomic E-state index is -3.74. The zero-order valence-corrected chi connectivity index (χ0v) is 18.4. The van der Waals surface area contributed by atoms with E-state index in [-0.39, 0.29) is 21.4 Å². The van der Waals surface area contributed by atoms with Crippen molar-refractivity contribution in [1.82, 2.24) is 4.31 Å². The minimum Gasteiger partial charge on any atom is -0.478 e. The highest BCUT2D eigenvalue weighted by Crippen LogP contribution is 2.27. The number of amides is 1. The number of anilines is 1. The highest BCUT2D eigenvalue weighted by atomic mass is 35.5. The van der Waals surface area contributed by atoms with E-state index in [0.29, 0.717) is 11.4 Å². The summed E-state index contributed by atoms with van der Waals surface area (Å²) in [4.78, 5) is 23.3. The second-order valence-corrected chi connectivity index (χ2v) is 10.2. The Morgan fingerprint density at radius 2 is 1.79 bits per heavy atom. The lowest BCUT2D eigenvalue weighted by molar-refractivity contribution is -0.115. The van der Waals surface area contributed by atoms with Gasteiger partial charge in [-0.05, 0) is 42.8 Å². The number of carboxylic acid groups (broad SMARTS) is 1. The van der Waals surface area contributed by atoms with E-state index in [2.05, 4.69) is 5.32 Å². The maximum Gasteiger partial charge on any atom is 0.335 e. The Bertz CT molecular complexity index is 1010. The van der Waals surface area contributed by atoms with E-state index in [0.717, 1.165) is 9.87 Å². The summed E-state index contributed by atoms with van der Waals surface area (Å²) in [6.07, 6.45) is 0. The van der Waals surface area contributed by atoms with E-state index >= 15 is 0 Å². The molecule has 2 aromatic rings. The van der Waals surface area contributed by atoms with Crippen molar-refractivity contribution in [2.75, 3.05) is 19.4 Å². The fraction of sp³-hybridized carbons (Fsp3) is 0.263. The van der Waals surface area contributed by atoms with Crippen LogP contribution in [0.3, 0.4) is 0 Å². The molecule has 2 N–H and O–H groups in total. The van der Waals surface area contributed by atoms with Crippen LogP contribution >= 0.6 is 23.4 Å². The summed E-state index contributed by atoms with van der Waals surface area (Å²) in [5, 5.41) is 11.3. The van der Waals surface area contributed by atoms with Crippen molar-refractivity contribution in [2.45, 2.75) is 22.8 Å². The van der Waals surface area contributed by atoms with Gasteiger partial charge in [0.15, 0.2) is 0 Å². The number of hydrogen-bond donors (Lipinski definition) is 2. The van der Waals surface area contributed by atoms with Crippen molar-refractivity contribution in [1.29, 1.82) is 0 Å². The van der Waals surface area contributed by atoms with Crippen molar-refractivity contribution >= 4 is 50.9 Å². The molecule has 0 aliphatic heterocycles. The average molecular weight is 457 g/mol. The lowest BCUT2D eigenvalue weighted by Crippen LogP contribution is -2.24. The normalized spacial score (nSPS) is 12.6. The second-order valence-electron chi connectivity index (χ2n) is 6.38. The van der Waals surface area contributed by atoms with Crippen molar-refractivity contribution in [3.63, 3.8) is 0 Å². The van der Waals surface area contributed by atoms with Crippen LogP contribution in [0.2, 0.25) is 5.02 Å². The summed E-state index contributed by atoms with van der Waals surface area (Å²) in [5.74, 6) is -0.752. The molecular weight excluding hydrogens is 436 g/mol. The fourth-order valence-electron chi connectivity index (χ4n) is 2.26. The highest BCUT2D eigenvalue weighted by Gasteiger charge is 2.22. The van der Waals surface area contributed by atoms with E-state index < -0.39 is 21.2 Å². The summed E-state index contributed by atoms with van der Waals surface area (Å²) >= 11 is 7.39. The number of rotatable bonds is 8. The molecule has 0 spiro atoms. The van der Waals surface area contributed by atoms with E-state index in [1.54, 1.807) is 19.1 Å². The minimum absolute atomic E-state index is 0.0731. The van der Waals surface area contributed by atoms with Crippen molar-refractivity contribution in [2.24, 2.45) is 0 Å². The molecular formula is C19H21ClN2O5S2. The Morgan fingerprint density at radius 1 is 1.17 bits per heavy atom. The molecule has 0 aromatic heterocycles. The molecule has 0 aliphatic carbocycles. The van der Waals surface area contributed by atoms with Gasteiger partial charge in [-0.1, -0.05) is 23.7 Å². The lowest BCUT2D eigenvalue weighted by atomic mass is 10.1. The van der Waals surface area contributed by atoms with Crippen LogP contribution < -0.4 is 5.32 Å². The van der Waals surface area contributed by atoms with E-state index in [4.69, 9.17) is 16.7 Å². The number of sulfonamides is 1. The molecule has 2 rings (SSSR count). The van der Waals surface area contributed by atoms with E-state index in [1.807, 2.05) is 0 Å². The van der Waals surface area contributed by atoms with Crippen LogP contribution in [-0.4, -0.2) is 49.1 Å². The third kappa shape index (κ3) is 5.96. The van der Waals surface area contributed by atoms with Gasteiger partial charge in [0.2, 0.25) is 15.9 Å². The zero-order valence-electron chi connectivity index (χ0n) is 16.0. The number of nitrogens with one attached hydrogen (secondary N) is 1. The molecule has 0 saturated heterocycles. The number of thioether (sulfide) groups is 1. The number of aromatic carboxylic acids is 1. The number of carbonyl (C=O) groups excluding carboxylic acids is 1. The summed E-state index contributed by atoms with van der Waals surface area (Å²) in [5.41, 5.74) is 1.43. The maximum atomic E-state index is 12.5. The Balaban J connectivity index is 2.03. The number of carboxylic acids is 1. The molecule has 7 nitrogen and oxygen atoms in total. The maximum absolute atomic E-state index is 12.5. The predicted octanol–water partition coefficient (Wildman–Crippen LogP) is 3.55. The summed E-state index contributed by atoms with van der Waals surface area (Å²) in [6.45, 7) is 1.74. The van der Waals surface area contributed by atoms with Crippen LogP contribution in [0.25, 0.3) is 0 Å². The molecule has 2 aromatic carbocycles. The van der Waals surface area contributed by atoms with Gasteiger partial charge in [0.1, 0.15) is 4.90 Å². The molecule has 0 fully saturated rings. The molecule has 1 atom stereocenters. The quantitative estimate of drug-likeness (QED) is 0.629. The first-order chi connectivity index (χ1) is 13.5. The first-order valence-corrected chi connectivity index (χ1v) is 11.4. The zero-order chi connectivity index (χ0) is 21.8. The summed E-state index contributed by atoms with van der Waals surface area (Å²) < 4.78 is 25.7. The topological polar surface area (TPSA) is 104 Å². The molecule has 0 aliphatic rings.